The second kappa shape index (κ2) is 10.0. The van der Waals surface area contributed by atoms with Gasteiger partial charge in [-0.15, -0.1) is 0 Å². The van der Waals surface area contributed by atoms with Gasteiger partial charge >= 0.3 is 0 Å². The van der Waals surface area contributed by atoms with Crippen molar-refractivity contribution in [2.45, 2.75) is 71.3 Å². The summed E-state index contributed by atoms with van der Waals surface area (Å²) >= 11 is 0. The van der Waals surface area contributed by atoms with E-state index in [4.69, 9.17) is 5.73 Å². The van der Waals surface area contributed by atoms with Crippen molar-refractivity contribution < 1.29 is 0 Å². The van der Waals surface area contributed by atoms with Crippen LogP contribution in [0.2, 0.25) is 0 Å². The molecule has 2 N–H and O–H groups in total. The minimum absolute atomic E-state index is 0.394. The molecule has 2 atom stereocenters. The summed E-state index contributed by atoms with van der Waals surface area (Å²) in [6.07, 6.45) is 10.1. The second-order valence-electron chi connectivity index (χ2n) is 5.79. The van der Waals surface area contributed by atoms with Crippen molar-refractivity contribution in [2.24, 2.45) is 11.7 Å². The van der Waals surface area contributed by atoms with Crippen LogP contribution in [0.1, 0.15) is 64.4 Å². The van der Waals surface area contributed by atoms with E-state index < -0.39 is 0 Å². The molecule has 1 aromatic rings. The van der Waals surface area contributed by atoms with E-state index in [9.17, 15) is 0 Å². The predicted molar refractivity (Wildman–Crippen MR) is 85.3 cm³/mol. The van der Waals surface area contributed by atoms with Crippen molar-refractivity contribution in [3.8, 4) is 0 Å². The molecule has 0 aromatic heterocycles. The Balaban J connectivity index is 2.17. The molecule has 0 aliphatic carbocycles. The van der Waals surface area contributed by atoms with E-state index in [1.54, 1.807) is 0 Å². The first-order valence-electron chi connectivity index (χ1n) is 8.05. The quantitative estimate of drug-likeness (QED) is 0.634. The van der Waals surface area contributed by atoms with Crippen LogP contribution < -0.4 is 5.73 Å². The number of unbranched alkanes of at least 4 members (excludes halogenated alkanes) is 1. The van der Waals surface area contributed by atoms with Crippen LogP contribution in [-0.4, -0.2) is 6.04 Å². The largest absolute Gasteiger partial charge is 0.328 e. The molecule has 0 spiro atoms. The highest BCUT2D eigenvalue weighted by Crippen LogP contribution is 2.19. The van der Waals surface area contributed by atoms with E-state index in [1.807, 2.05) is 0 Å². The van der Waals surface area contributed by atoms with Gasteiger partial charge in [0.15, 0.2) is 0 Å². The number of aryl methyl sites for hydroxylation is 1. The molecule has 1 nitrogen and oxygen atoms in total. The van der Waals surface area contributed by atoms with Crippen LogP contribution in [0.4, 0.5) is 0 Å². The third-order valence-electron chi connectivity index (χ3n) is 4.06. The van der Waals surface area contributed by atoms with Gasteiger partial charge in [0.1, 0.15) is 0 Å². The summed E-state index contributed by atoms with van der Waals surface area (Å²) in [4.78, 5) is 0. The maximum atomic E-state index is 6.29. The molecule has 0 radical (unpaired) electrons. The van der Waals surface area contributed by atoms with Crippen LogP contribution in [0.15, 0.2) is 30.3 Å². The Bertz CT molecular complexity index is 307. The zero-order chi connectivity index (χ0) is 13.9. The molecule has 0 fully saturated rings. The lowest BCUT2D eigenvalue weighted by molar-refractivity contribution is 0.371. The van der Waals surface area contributed by atoms with E-state index >= 15 is 0 Å². The number of benzene rings is 1. The molecule has 0 heterocycles. The van der Waals surface area contributed by atoms with Crippen molar-refractivity contribution in [2.75, 3.05) is 0 Å². The van der Waals surface area contributed by atoms with Crippen molar-refractivity contribution >= 4 is 0 Å². The lowest BCUT2D eigenvalue weighted by Crippen LogP contribution is -2.23. The maximum Gasteiger partial charge on any atom is 0.00415 e. The van der Waals surface area contributed by atoms with Gasteiger partial charge in [0, 0.05) is 6.04 Å². The lowest BCUT2D eigenvalue weighted by Gasteiger charge is -2.19. The van der Waals surface area contributed by atoms with Crippen LogP contribution >= 0.6 is 0 Å². The summed E-state index contributed by atoms with van der Waals surface area (Å²) in [5.74, 6) is 0.840. The zero-order valence-corrected chi connectivity index (χ0v) is 12.8. The minimum Gasteiger partial charge on any atom is -0.328 e. The standard InChI is InChI=1S/C18H31N/c1-3-5-10-16(4-2)15-18(19)14-9-13-17-11-7-6-8-12-17/h6-8,11-12,16,18H,3-5,9-10,13-15,19H2,1-2H3. The topological polar surface area (TPSA) is 26.0 Å². The van der Waals surface area contributed by atoms with Crippen molar-refractivity contribution in [3.05, 3.63) is 35.9 Å². The van der Waals surface area contributed by atoms with Crippen molar-refractivity contribution in [1.29, 1.82) is 0 Å². The van der Waals surface area contributed by atoms with Gasteiger partial charge in [0.25, 0.3) is 0 Å². The van der Waals surface area contributed by atoms with Gasteiger partial charge in [-0.05, 0) is 37.2 Å². The fourth-order valence-electron chi connectivity index (χ4n) is 2.74. The third-order valence-corrected chi connectivity index (χ3v) is 4.06. The molecule has 2 unspecified atom stereocenters. The van der Waals surface area contributed by atoms with E-state index in [2.05, 4.69) is 44.2 Å². The van der Waals surface area contributed by atoms with Crippen LogP contribution in [0.25, 0.3) is 0 Å². The number of hydrogen-bond donors (Lipinski definition) is 1. The predicted octanol–water partition coefficient (Wildman–Crippen LogP) is 4.94. The number of hydrogen-bond acceptors (Lipinski definition) is 1. The van der Waals surface area contributed by atoms with Gasteiger partial charge < -0.3 is 5.73 Å². The van der Waals surface area contributed by atoms with E-state index in [0.29, 0.717) is 6.04 Å². The average Bonchev–Trinajstić information content (AvgIpc) is 2.44. The lowest BCUT2D eigenvalue weighted by atomic mass is 9.90. The maximum absolute atomic E-state index is 6.29. The Hall–Kier alpha value is -0.820. The van der Waals surface area contributed by atoms with Crippen LogP contribution in [0, 0.1) is 5.92 Å². The van der Waals surface area contributed by atoms with Crippen LogP contribution in [0.3, 0.4) is 0 Å². The van der Waals surface area contributed by atoms with Crippen molar-refractivity contribution in [1.82, 2.24) is 0 Å². The van der Waals surface area contributed by atoms with Gasteiger partial charge in [-0.2, -0.15) is 0 Å². The molecular weight excluding hydrogens is 230 g/mol. The van der Waals surface area contributed by atoms with Gasteiger partial charge in [0.05, 0.1) is 0 Å². The first-order chi connectivity index (χ1) is 9.26. The summed E-state index contributed by atoms with van der Waals surface area (Å²) in [6, 6.07) is 11.1. The molecule has 0 aliphatic rings. The van der Waals surface area contributed by atoms with E-state index in [0.717, 1.165) is 12.3 Å². The van der Waals surface area contributed by atoms with Gasteiger partial charge in [-0.3, -0.25) is 0 Å². The molecular formula is C18H31N. The normalized spacial score (nSPS) is 14.3. The highest BCUT2D eigenvalue weighted by Gasteiger charge is 2.11. The molecule has 1 heteroatoms. The van der Waals surface area contributed by atoms with Crippen LogP contribution in [-0.2, 0) is 6.42 Å². The molecule has 0 saturated carbocycles. The van der Waals surface area contributed by atoms with Crippen LogP contribution in [0.5, 0.6) is 0 Å². The van der Waals surface area contributed by atoms with E-state index in [-0.39, 0.29) is 0 Å². The average molecular weight is 261 g/mol. The second-order valence-corrected chi connectivity index (χ2v) is 5.79. The Morgan fingerprint density at radius 1 is 1.00 bits per heavy atom. The van der Waals surface area contributed by atoms with Gasteiger partial charge in [-0.25, -0.2) is 0 Å². The highest BCUT2D eigenvalue weighted by atomic mass is 14.6. The molecule has 19 heavy (non-hydrogen) atoms. The summed E-state index contributed by atoms with van der Waals surface area (Å²) < 4.78 is 0. The fourth-order valence-corrected chi connectivity index (χ4v) is 2.74. The Morgan fingerprint density at radius 2 is 1.74 bits per heavy atom. The summed E-state index contributed by atoms with van der Waals surface area (Å²) in [5.41, 5.74) is 7.72. The van der Waals surface area contributed by atoms with Gasteiger partial charge in [0.2, 0.25) is 0 Å². The van der Waals surface area contributed by atoms with Gasteiger partial charge in [-0.1, -0.05) is 69.9 Å². The van der Waals surface area contributed by atoms with E-state index in [1.165, 1.54) is 50.5 Å². The smallest absolute Gasteiger partial charge is 0.00415 e. The summed E-state index contributed by atoms with van der Waals surface area (Å²) in [5, 5.41) is 0. The minimum atomic E-state index is 0.394. The van der Waals surface area contributed by atoms with Crippen molar-refractivity contribution in [3.63, 3.8) is 0 Å². The SMILES string of the molecule is CCCCC(CC)CC(N)CCCc1ccccc1. The zero-order valence-electron chi connectivity index (χ0n) is 12.8. The molecule has 1 aromatic carbocycles. The number of nitrogens with two attached hydrogens (primary N) is 1. The first kappa shape index (κ1) is 16.2. The first-order valence-corrected chi connectivity index (χ1v) is 8.05. The Labute approximate surface area is 119 Å². The molecule has 0 bridgehead atoms. The summed E-state index contributed by atoms with van der Waals surface area (Å²) in [7, 11) is 0. The summed E-state index contributed by atoms with van der Waals surface area (Å²) in [6.45, 7) is 4.57. The third kappa shape index (κ3) is 7.37. The fraction of sp³-hybridized carbons (Fsp3) is 0.667. The molecule has 0 saturated heterocycles. The Morgan fingerprint density at radius 3 is 2.37 bits per heavy atom. The monoisotopic (exact) mass is 261 g/mol. The number of rotatable bonds is 10. The molecule has 0 aliphatic heterocycles. The Kier molecular flexibility index (Phi) is 8.57. The molecule has 0 amide bonds. The highest BCUT2D eigenvalue weighted by molar-refractivity contribution is 5.14. The molecule has 108 valence electrons. The molecule has 1 rings (SSSR count).